The normalized spacial score (nSPS) is 15.8. The molecule has 0 aliphatic heterocycles. The Morgan fingerprint density at radius 1 is 0.889 bits per heavy atom. The molecule has 0 bridgehead atoms. The van der Waals surface area contributed by atoms with Crippen LogP contribution in [-0.4, -0.2) is 11.9 Å². The molecular weight excluding hydrogens is 398 g/mol. The van der Waals surface area contributed by atoms with Crippen molar-refractivity contribution in [2.24, 2.45) is 0 Å². The number of benzene rings is 3. The fourth-order valence-electron chi connectivity index (χ4n) is 3.75. The van der Waals surface area contributed by atoms with Gasteiger partial charge in [0, 0.05) is 21.5 Å². The quantitative estimate of drug-likeness (QED) is 0.542. The molecule has 3 aromatic carbocycles. The van der Waals surface area contributed by atoms with E-state index in [-0.39, 0.29) is 17.4 Å². The number of rotatable bonds is 5. The van der Waals surface area contributed by atoms with Crippen molar-refractivity contribution in [2.45, 2.75) is 31.2 Å². The molecule has 4 rings (SSSR count). The molecule has 1 saturated carbocycles. The molecule has 1 aliphatic rings. The van der Waals surface area contributed by atoms with Crippen LogP contribution >= 0.6 is 15.9 Å². The van der Waals surface area contributed by atoms with Crippen molar-refractivity contribution < 1.29 is 4.79 Å². The highest BCUT2D eigenvalue weighted by Crippen LogP contribution is 2.51. The molecule has 0 aromatic heterocycles. The highest BCUT2D eigenvalue weighted by atomic mass is 79.9. The van der Waals surface area contributed by atoms with Gasteiger partial charge in [-0.1, -0.05) is 70.5 Å². The smallest absolute Gasteiger partial charge is 0.251 e. The molecule has 3 heteroatoms. The van der Waals surface area contributed by atoms with E-state index in [1.54, 1.807) is 0 Å². The Morgan fingerprint density at radius 2 is 1.48 bits per heavy atom. The van der Waals surface area contributed by atoms with Crippen LogP contribution < -0.4 is 5.32 Å². The Bertz CT molecular complexity index is 928. The average Bonchev–Trinajstić information content (AvgIpc) is 3.51. The van der Waals surface area contributed by atoms with Crippen molar-refractivity contribution in [3.8, 4) is 11.1 Å². The number of carbonyl (C=O) groups excluding carboxylic acids is 1. The van der Waals surface area contributed by atoms with Crippen LogP contribution in [0.15, 0.2) is 83.3 Å². The second-order valence-corrected chi connectivity index (χ2v) is 8.22. The predicted molar refractivity (Wildman–Crippen MR) is 114 cm³/mol. The van der Waals surface area contributed by atoms with Gasteiger partial charge in [0.05, 0.1) is 0 Å². The van der Waals surface area contributed by atoms with E-state index >= 15 is 0 Å². The number of carbonyl (C=O) groups is 1. The van der Waals surface area contributed by atoms with Gasteiger partial charge >= 0.3 is 0 Å². The molecule has 0 radical (unpaired) electrons. The lowest BCUT2D eigenvalue weighted by atomic mass is 9.89. The van der Waals surface area contributed by atoms with Crippen LogP contribution in [0.25, 0.3) is 11.1 Å². The standard InChI is InChI=1S/C24H22BrNO/c1-17(24(15-16-24)21-11-13-22(25)14-12-21)26-23(27)20-9-7-19(8-10-20)18-5-3-2-4-6-18/h2-14,17H,15-16H2,1H3,(H,26,27). The molecule has 0 saturated heterocycles. The molecule has 3 aromatic rings. The van der Waals surface area contributed by atoms with E-state index in [2.05, 4.69) is 64.6 Å². The molecule has 0 heterocycles. The minimum atomic E-state index is -0.00880. The second-order valence-electron chi connectivity index (χ2n) is 7.30. The Morgan fingerprint density at radius 3 is 2.07 bits per heavy atom. The van der Waals surface area contributed by atoms with Crippen LogP contribution in [0.4, 0.5) is 0 Å². The first kappa shape index (κ1) is 18.0. The number of halogens is 1. The molecule has 1 aliphatic carbocycles. The summed E-state index contributed by atoms with van der Waals surface area (Å²) in [7, 11) is 0. The molecular formula is C24H22BrNO. The van der Waals surface area contributed by atoms with E-state index in [0.29, 0.717) is 5.56 Å². The van der Waals surface area contributed by atoms with E-state index in [0.717, 1.165) is 28.4 Å². The highest BCUT2D eigenvalue weighted by Gasteiger charge is 2.49. The lowest BCUT2D eigenvalue weighted by Gasteiger charge is -2.25. The zero-order valence-corrected chi connectivity index (χ0v) is 16.9. The first-order chi connectivity index (χ1) is 13.1. The first-order valence-electron chi connectivity index (χ1n) is 9.31. The van der Waals surface area contributed by atoms with Crippen LogP contribution in [0.2, 0.25) is 0 Å². The van der Waals surface area contributed by atoms with E-state index < -0.39 is 0 Å². The molecule has 1 N–H and O–H groups in total. The van der Waals surface area contributed by atoms with Crippen LogP contribution in [0.1, 0.15) is 35.7 Å². The van der Waals surface area contributed by atoms with Gasteiger partial charge in [0.2, 0.25) is 0 Å². The van der Waals surface area contributed by atoms with Crippen LogP contribution in [0, 0.1) is 0 Å². The van der Waals surface area contributed by atoms with Crippen LogP contribution in [-0.2, 0) is 5.41 Å². The summed E-state index contributed by atoms with van der Waals surface area (Å²) in [6, 6.07) is 26.6. The molecule has 136 valence electrons. The molecule has 0 spiro atoms. The number of hydrogen-bond acceptors (Lipinski definition) is 1. The fraction of sp³-hybridized carbons (Fsp3) is 0.208. The number of hydrogen-bond donors (Lipinski definition) is 1. The largest absolute Gasteiger partial charge is 0.349 e. The van der Waals surface area contributed by atoms with Gasteiger partial charge in [-0.15, -0.1) is 0 Å². The predicted octanol–water partition coefficient (Wildman–Crippen LogP) is 5.97. The summed E-state index contributed by atoms with van der Waals surface area (Å²) in [5.74, 6) is -0.00880. The zero-order valence-electron chi connectivity index (χ0n) is 15.3. The molecule has 1 atom stereocenters. The summed E-state index contributed by atoms with van der Waals surface area (Å²) in [6.45, 7) is 2.12. The Hall–Kier alpha value is -2.39. The summed E-state index contributed by atoms with van der Waals surface area (Å²) in [6.07, 6.45) is 2.23. The minimum Gasteiger partial charge on any atom is -0.349 e. The van der Waals surface area contributed by atoms with Gasteiger partial charge in [-0.2, -0.15) is 0 Å². The van der Waals surface area contributed by atoms with Crippen molar-refractivity contribution in [1.82, 2.24) is 5.32 Å². The average molecular weight is 420 g/mol. The topological polar surface area (TPSA) is 29.1 Å². The molecule has 1 fully saturated rings. The highest BCUT2D eigenvalue weighted by molar-refractivity contribution is 9.10. The van der Waals surface area contributed by atoms with Crippen LogP contribution in [0.5, 0.6) is 0 Å². The zero-order chi connectivity index (χ0) is 18.9. The Labute approximate surface area is 168 Å². The third kappa shape index (κ3) is 3.70. The van der Waals surface area contributed by atoms with Gasteiger partial charge in [0.25, 0.3) is 5.91 Å². The molecule has 27 heavy (non-hydrogen) atoms. The monoisotopic (exact) mass is 419 g/mol. The van der Waals surface area contributed by atoms with Crippen LogP contribution in [0.3, 0.4) is 0 Å². The maximum absolute atomic E-state index is 12.7. The number of amides is 1. The van der Waals surface area contributed by atoms with Crippen molar-refractivity contribution in [3.05, 3.63) is 94.5 Å². The maximum Gasteiger partial charge on any atom is 0.251 e. The van der Waals surface area contributed by atoms with Crippen molar-refractivity contribution in [2.75, 3.05) is 0 Å². The Kier molecular flexibility index (Phi) is 4.88. The third-order valence-corrected chi connectivity index (χ3v) is 6.17. The van der Waals surface area contributed by atoms with E-state index in [1.807, 2.05) is 42.5 Å². The van der Waals surface area contributed by atoms with E-state index in [4.69, 9.17) is 0 Å². The summed E-state index contributed by atoms with van der Waals surface area (Å²) in [5, 5.41) is 3.22. The van der Waals surface area contributed by atoms with Gasteiger partial charge < -0.3 is 5.32 Å². The third-order valence-electron chi connectivity index (χ3n) is 5.64. The van der Waals surface area contributed by atoms with Crippen molar-refractivity contribution in [1.29, 1.82) is 0 Å². The van der Waals surface area contributed by atoms with Crippen molar-refractivity contribution >= 4 is 21.8 Å². The summed E-state index contributed by atoms with van der Waals surface area (Å²) in [4.78, 5) is 12.7. The van der Waals surface area contributed by atoms with Gasteiger partial charge in [0.15, 0.2) is 0 Å². The molecule has 1 amide bonds. The van der Waals surface area contributed by atoms with Gasteiger partial charge in [-0.05, 0) is 60.7 Å². The second kappa shape index (κ2) is 7.32. The first-order valence-corrected chi connectivity index (χ1v) is 10.1. The van der Waals surface area contributed by atoms with Gasteiger partial charge in [0.1, 0.15) is 0 Å². The molecule has 1 unspecified atom stereocenters. The minimum absolute atomic E-state index is 0.00880. The molecule has 2 nitrogen and oxygen atoms in total. The fourth-order valence-corrected chi connectivity index (χ4v) is 4.02. The SMILES string of the molecule is CC(NC(=O)c1ccc(-c2ccccc2)cc1)C1(c2ccc(Br)cc2)CC1. The Balaban J connectivity index is 1.46. The van der Waals surface area contributed by atoms with Gasteiger partial charge in [-0.25, -0.2) is 0 Å². The number of nitrogens with one attached hydrogen (secondary N) is 1. The van der Waals surface area contributed by atoms with Gasteiger partial charge in [-0.3, -0.25) is 4.79 Å². The van der Waals surface area contributed by atoms with Crippen molar-refractivity contribution in [3.63, 3.8) is 0 Å². The lowest BCUT2D eigenvalue weighted by molar-refractivity contribution is 0.0932. The summed E-state index contributed by atoms with van der Waals surface area (Å²) in [5.41, 5.74) is 4.35. The maximum atomic E-state index is 12.7. The lowest BCUT2D eigenvalue weighted by Crippen LogP contribution is -2.41. The van der Waals surface area contributed by atoms with E-state index in [9.17, 15) is 4.79 Å². The summed E-state index contributed by atoms with van der Waals surface area (Å²) >= 11 is 3.49. The summed E-state index contributed by atoms with van der Waals surface area (Å²) < 4.78 is 1.08. The van der Waals surface area contributed by atoms with E-state index in [1.165, 1.54) is 5.56 Å².